The van der Waals surface area contributed by atoms with Crippen molar-refractivity contribution < 1.29 is 8.42 Å². The second-order valence-electron chi connectivity index (χ2n) is 5.85. The van der Waals surface area contributed by atoms with Crippen molar-refractivity contribution in [2.75, 3.05) is 13.1 Å². The summed E-state index contributed by atoms with van der Waals surface area (Å²) in [4.78, 5) is 0.0929. The molecule has 1 aliphatic heterocycles. The Balaban J connectivity index is 2.44. The minimum Gasteiger partial charge on any atom is -0.326 e. The van der Waals surface area contributed by atoms with Crippen LogP contribution in [0.2, 0.25) is 10.0 Å². The second-order valence-corrected chi connectivity index (χ2v) is 8.57. The molecule has 0 saturated carbocycles. The van der Waals surface area contributed by atoms with Crippen molar-refractivity contribution in [3.63, 3.8) is 0 Å². The predicted octanol–water partition coefficient (Wildman–Crippen LogP) is 3.12. The molecule has 1 aromatic rings. The van der Waals surface area contributed by atoms with E-state index in [9.17, 15) is 8.42 Å². The normalized spacial score (nSPS) is 24.2. The van der Waals surface area contributed by atoms with Gasteiger partial charge in [0.15, 0.2) is 0 Å². The molecule has 1 aliphatic rings. The number of hydrogen-bond donors (Lipinski definition) is 1. The lowest BCUT2D eigenvalue weighted by Crippen LogP contribution is -2.42. The van der Waals surface area contributed by atoms with Crippen LogP contribution in [0.25, 0.3) is 0 Å². The number of rotatable bonds is 3. The van der Waals surface area contributed by atoms with Crippen LogP contribution in [0.1, 0.15) is 25.8 Å². The van der Waals surface area contributed by atoms with Gasteiger partial charge in [0.1, 0.15) is 4.90 Å². The van der Waals surface area contributed by atoms with E-state index >= 15 is 0 Å². The number of hydrogen-bond acceptors (Lipinski definition) is 3. The van der Waals surface area contributed by atoms with E-state index in [-0.39, 0.29) is 16.5 Å². The van der Waals surface area contributed by atoms with Gasteiger partial charge in [0, 0.05) is 24.7 Å². The predicted molar refractivity (Wildman–Crippen MR) is 86.1 cm³/mol. The summed E-state index contributed by atoms with van der Waals surface area (Å²) in [6.07, 6.45) is 1.04. The lowest BCUT2D eigenvalue weighted by atomic mass is 9.94. The first-order chi connectivity index (χ1) is 9.75. The van der Waals surface area contributed by atoms with Gasteiger partial charge in [-0.2, -0.15) is 4.31 Å². The van der Waals surface area contributed by atoms with Gasteiger partial charge in [-0.15, -0.1) is 0 Å². The maximum atomic E-state index is 12.8. The van der Waals surface area contributed by atoms with E-state index in [2.05, 4.69) is 13.8 Å². The van der Waals surface area contributed by atoms with E-state index < -0.39 is 10.0 Å². The molecule has 0 amide bonds. The van der Waals surface area contributed by atoms with Crippen LogP contribution in [0.3, 0.4) is 0 Å². The Bertz CT molecular complexity index is 624. The Hall–Kier alpha value is -0.330. The van der Waals surface area contributed by atoms with Crippen LogP contribution in [0.4, 0.5) is 0 Å². The summed E-state index contributed by atoms with van der Waals surface area (Å²) in [5, 5.41) is 0.532. The third kappa shape index (κ3) is 3.54. The van der Waals surface area contributed by atoms with Crippen molar-refractivity contribution in [2.45, 2.75) is 31.7 Å². The van der Waals surface area contributed by atoms with Gasteiger partial charge < -0.3 is 5.73 Å². The molecule has 2 rings (SSSR count). The van der Waals surface area contributed by atoms with Gasteiger partial charge in [0.05, 0.1) is 5.02 Å². The molecule has 21 heavy (non-hydrogen) atoms. The Morgan fingerprint density at radius 1 is 1.19 bits per heavy atom. The topological polar surface area (TPSA) is 63.4 Å². The van der Waals surface area contributed by atoms with Crippen LogP contribution >= 0.6 is 23.2 Å². The van der Waals surface area contributed by atoms with Crippen LogP contribution in [0.5, 0.6) is 0 Å². The Morgan fingerprint density at radius 2 is 1.76 bits per heavy atom. The number of benzene rings is 1. The molecule has 2 unspecified atom stereocenters. The summed E-state index contributed by atoms with van der Waals surface area (Å²) in [5.74, 6) is 0.673. The summed E-state index contributed by atoms with van der Waals surface area (Å²) < 4.78 is 27.2. The average molecular weight is 351 g/mol. The van der Waals surface area contributed by atoms with Gasteiger partial charge in [0.25, 0.3) is 0 Å². The second kappa shape index (κ2) is 6.42. The zero-order valence-electron chi connectivity index (χ0n) is 12.1. The first-order valence-corrected chi connectivity index (χ1v) is 9.13. The number of piperidine rings is 1. The number of nitrogens with zero attached hydrogens (tertiary/aromatic N) is 1. The summed E-state index contributed by atoms with van der Waals surface area (Å²) in [6, 6.07) is 2.94. The monoisotopic (exact) mass is 350 g/mol. The van der Waals surface area contributed by atoms with Gasteiger partial charge in [0.2, 0.25) is 10.0 Å². The van der Waals surface area contributed by atoms with Crippen molar-refractivity contribution in [1.29, 1.82) is 0 Å². The molecule has 118 valence electrons. The van der Waals surface area contributed by atoms with E-state index in [1.165, 1.54) is 16.4 Å². The van der Waals surface area contributed by atoms with E-state index in [1.807, 2.05) is 0 Å². The molecule has 2 atom stereocenters. The first-order valence-electron chi connectivity index (χ1n) is 6.93. The van der Waals surface area contributed by atoms with Crippen molar-refractivity contribution >= 4 is 33.2 Å². The highest BCUT2D eigenvalue weighted by atomic mass is 35.5. The maximum Gasteiger partial charge on any atom is 0.244 e. The number of sulfonamides is 1. The molecule has 0 spiro atoms. The standard InChI is InChI=1S/C14H20Cl2N2O2S/c1-9-3-10(2)8-18(7-9)21(19,20)14-4-11(6-17)12(15)5-13(14)16/h4-5,9-10H,3,6-8,17H2,1-2H3. The molecule has 1 heterocycles. The largest absolute Gasteiger partial charge is 0.326 e. The smallest absolute Gasteiger partial charge is 0.244 e. The SMILES string of the molecule is CC1CC(C)CN(S(=O)(=O)c2cc(CN)c(Cl)cc2Cl)C1. The highest BCUT2D eigenvalue weighted by molar-refractivity contribution is 7.89. The fourth-order valence-corrected chi connectivity index (χ4v) is 5.40. The zero-order chi connectivity index (χ0) is 15.8. The summed E-state index contributed by atoms with van der Waals surface area (Å²) in [5.41, 5.74) is 6.18. The van der Waals surface area contributed by atoms with Crippen LogP contribution in [-0.4, -0.2) is 25.8 Å². The van der Waals surface area contributed by atoms with Crippen LogP contribution in [-0.2, 0) is 16.6 Å². The molecule has 2 N–H and O–H groups in total. The molecule has 4 nitrogen and oxygen atoms in total. The number of nitrogens with two attached hydrogens (primary N) is 1. The van der Waals surface area contributed by atoms with Crippen molar-refractivity contribution in [3.05, 3.63) is 27.7 Å². The van der Waals surface area contributed by atoms with E-state index in [0.717, 1.165) is 6.42 Å². The fraction of sp³-hybridized carbons (Fsp3) is 0.571. The van der Waals surface area contributed by atoms with Crippen LogP contribution in [0.15, 0.2) is 17.0 Å². The molecule has 1 saturated heterocycles. The molecule has 0 aliphatic carbocycles. The van der Waals surface area contributed by atoms with Crippen LogP contribution in [0, 0.1) is 11.8 Å². The van der Waals surface area contributed by atoms with E-state index in [0.29, 0.717) is 35.5 Å². The zero-order valence-corrected chi connectivity index (χ0v) is 14.5. The lowest BCUT2D eigenvalue weighted by molar-refractivity contribution is 0.222. The Morgan fingerprint density at radius 3 is 2.29 bits per heavy atom. The number of halogens is 2. The highest BCUT2D eigenvalue weighted by Gasteiger charge is 2.33. The van der Waals surface area contributed by atoms with E-state index in [4.69, 9.17) is 28.9 Å². The molecular formula is C14H20Cl2N2O2S. The highest BCUT2D eigenvalue weighted by Crippen LogP contribution is 2.33. The van der Waals surface area contributed by atoms with Gasteiger partial charge >= 0.3 is 0 Å². The summed E-state index contributed by atoms with van der Waals surface area (Å²) in [6.45, 7) is 5.33. The van der Waals surface area contributed by atoms with Crippen molar-refractivity contribution in [2.24, 2.45) is 17.6 Å². The third-order valence-corrected chi connectivity index (χ3v) is 6.42. The lowest BCUT2D eigenvalue weighted by Gasteiger charge is -2.34. The Labute approximate surface area is 136 Å². The minimum absolute atomic E-state index is 0.0929. The first kappa shape index (κ1) is 17.0. The molecule has 0 radical (unpaired) electrons. The summed E-state index contributed by atoms with van der Waals surface area (Å²) in [7, 11) is -3.62. The Kier molecular flexibility index (Phi) is 5.21. The van der Waals surface area contributed by atoms with Gasteiger partial charge in [-0.25, -0.2) is 8.42 Å². The van der Waals surface area contributed by atoms with Gasteiger partial charge in [-0.3, -0.25) is 0 Å². The molecule has 0 bridgehead atoms. The fourth-order valence-electron chi connectivity index (χ4n) is 2.87. The van der Waals surface area contributed by atoms with Crippen molar-refractivity contribution in [3.8, 4) is 0 Å². The molecule has 1 fully saturated rings. The molecule has 7 heteroatoms. The average Bonchev–Trinajstić information content (AvgIpc) is 2.37. The molecular weight excluding hydrogens is 331 g/mol. The summed E-state index contributed by atoms with van der Waals surface area (Å²) >= 11 is 12.1. The minimum atomic E-state index is -3.62. The van der Waals surface area contributed by atoms with Crippen molar-refractivity contribution in [1.82, 2.24) is 4.31 Å². The quantitative estimate of drug-likeness (QED) is 0.910. The van der Waals surface area contributed by atoms with Crippen LogP contribution < -0.4 is 5.73 Å². The molecule has 0 aromatic heterocycles. The van der Waals surface area contributed by atoms with Gasteiger partial charge in [-0.1, -0.05) is 37.0 Å². The van der Waals surface area contributed by atoms with Gasteiger partial charge in [-0.05, 0) is 36.0 Å². The molecule has 1 aromatic carbocycles. The third-order valence-electron chi connectivity index (χ3n) is 3.77. The maximum absolute atomic E-state index is 12.8. The van der Waals surface area contributed by atoms with E-state index in [1.54, 1.807) is 0 Å².